The topological polar surface area (TPSA) is 17.1 Å². The molecular formula is C11H19NaO. The number of carbonyl (C=O) groups is 1. The van der Waals surface area contributed by atoms with Gasteiger partial charge < -0.3 is 1.43 Å². The molecular weight excluding hydrogens is 171 g/mol. The molecule has 2 saturated carbocycles. The second-order valence-corrected chi connectivity index (χ2v) is 4.37. The number of ketones is 1. The summed E-state index contributed by atoms with van der Waals surface area (Å²) in [4.78, 5) is 11.8. The first-order valence-electron chi connectivity index (χ1n) is 5.41. The van der Waals surface area contributed by atoms with E-state index >= 15 is 0 Å². The van der Waals surface area contributed by atoms with E-state index in [1.54, 1.807) is 0 Å². The van der Waals surface area contributed by atoms with E-state index in [1.165, 1.54) is 51.4 Å². The average Bonchev–Trinajstić information content (AvgIpc) is 2.77. The van der Waals surface area contributed by atoms with E-state index in [0.29, 0.717) is 17.6 Å². The second kappa shape index (κ2) is 5.53. The van der Waals surface area contributed by atoms with Crippen LogP contribution >= 0.6 is 0 Å². The molecule has 0 aromatic heterocycles. The van der Waals surface area contributed by atoms with Crippen LogP contribution in [0.5, 0.6) is 0 Å². The van der Waals surface area contributed by atoms with Gasteiger partial charge >= 0.3 is 29.6 Å². The second-order valence-electron chi connectivity index (χ2n) is 4.37. The smallest absolute Gasteiger partial charge is 1.00 e. The van der Waals surface area contributed by atoms with E-state index in [4.69, 9.17) is 0 Å². The van der Waals surface area contributed by atoms with Crippen molar-refractivity contribution in [2.24, 2.45) is 11.8 Å². The van der Waals surface area contributed by atoms with Gasteiger partial charge in [0, 0.05) is 11.8 Å². The molecule has 0 N–H and O–H groups in total. The number of hydrogen-bond donors (Lipinski definition) is 0. The van der Waals surface area contributed by atoms with E-state index in [0.717, 1.165) is 0 Å². The van der Waals surface area contributed by atoms with Crippen molar-refractivity contribution >= 4 is 5.78 Å². The Balaban J connectivity index is 0.000000845. The molecule has 0 aliphatic heterocycles. The summed E-state index contributed by atoms with van der Waals surface area (Å²) < 4.78 is 0. The normalized spacial score (nSPS) is 24.6. The van der Waals surface area contributed by atoms with Gasteiger partial charge in [0.2, 0.25) is 0 Å². The largest absolute Gasteiger partial charge is 1.00 e. The summed E-state index contributed by atoms with van der Waals surface area (Å²) in [6.45, 7) is 0. The molecule has 2 rings (SSSR count). The van der Waals surface area contributed by atoms with Gasteiger partial charge in [-0.3, -0.25) is 4.79 Å². The molecule has 0 spiro atoms. The Morgan fingerprint density at radius 3 is 1.46 bits per heavy atom. The van der Waals surface area contributed by atoms with Crippen molar-refractivity contribution in [2.45, 2.75) is 51.4 Å². The van der Waals surface area contributed by atoms with Crippen LogP contribution in [0.4, 0.5) is 0 Å². The summed E-state index contributed by atoms with van der Waals surface area (Å²) in [5, 5.41) is 0. The zero-order valence-corrected chi connectivity index (χ0v) is 10.7. The summed E-state index contributed by atoms with van der Waals surface area (Å²) in [7, 11) is 0. The average molecular weight is 190 g/mol. The van der Waals surface area contributed by atoms with Gasteiger partial charge in [-0.05, 0) is 25.7 Å². The summed E-state index contributed by atoms with van der Waals surface area (Å²) in [6.07, 6.45) is 9.94. The fourth-order valence-corrected chi connectivity index (χ4v) is 2.75. The number of Topliss-reactive ketones (excluding diaryl/α,β-unsaturated/α-hetero) is 1. The van der Waals surface area contributed by atoms with Crippen LogP contribution in [0, 0.1) is 11.8 Å². The molecule has 13 heavy (non-hydrogen) atoms. The van der Waals surface area contributed by atoms with Crippen molar-refractivity contribution in [1.29, 1.82) is 0 Å². The van der Waals surface area contributed by atoms with Gasteiger partial charge in [0.05, 0.1) is 0 Å². The standard InChI is InChI=1S/C11H18O.Na.H/c12-11(9-5-1-2-6-9)10-7-3-4-8-10;;/h9-10H,1-8H2;;/q;+1;-1. The number of rotatable bonds is 2. The number of hydrogen-bond acceptors (Lipinski definition) is 1. The zero-order valence-electron chi connectivity index (χ0n) is 9.72. The minimum Gasteiger partial charge on any atom is -1.00 e. The van der Waals surface area contributed by atoms with Gasteiger partial charge in [-0.25, -0.2) is 0 Å². The van der Waals surface area contributed by atoms with Crippen molar-refractivity contribution in [2.75, 3.05) is 0 Å². The maximum Gasteiger partial charge on any atom is 1.00 e. The Hall–Kier alpha value is 0.670. The van der Waals surface area contributed by atoms with Crippen LogP contribution in [0.2, 0.25) is 0 Å². The SMILES string of the molecule is O=C(C1CCCC1)C1CCCC1.[H-].[Na+]. The Morgan fingerprint density at radius 1 is 0.846 bits per heavy atom. The van der Waals surface area contributed by atoms with E-state index in [-0.39, 0.29) is 31.0 Å². The monoisotopic (exact) mass is 190 g/mol. The Kier molecular flexibility index (Phi) is 4.99. The van der Waals surface area contributed by atoms with E-state index < -0.39 is 0 Å². The van der Waals surface area contributed by atoms with Crippen molar-refractivity contribution < 1.29 is 35.8 Å². The molecule has 0 amide bonds. The molecule has 0 unspecified atom stereocenters. The molecule has 0 bridgehead atoms. The van der Waals surface area contributed by atoms with E-state index in [1.807, 2.05) is 0 Å². The molecule has 2 aliphatic rings. The van der Waals surface area contributed by atoms with Gasteiger partial charge in [-0.15, -0.1) is 0 Å². The number of carbonyl (C=O) groups excluding carboxylic acids is 1. The van der Waals surface area contributed by atoms with Crippen LogP contribution in [0.3, 0.4) is 0 Å². The van der Waals surface area contributed by atoms with Crippen LogP contribution in [-0.2, 0) is 4.79 Å². The molecule has 0 aromatic rings. The maximum atomic E-state index is 11.8. The van der Waals surface area contributed by atoms with Gasteiger partial charge in [0.15, 0.2) is 0 Å². The fraction of sp³-hybridized carbons (Fsp3) is 0.909. The Morgan fingerprint density at radius 2 is 1.15 bits per heavy atom. The summed E-state index contributed by atoms with van der Waals surface area (Å²) in [5.41, 5.74) is 0. The van der Waals surface area contributed by atoms with Crippen LogP contribution in [0.15, 0.2) is 0 Å². The van der Waals surface area contributed by atoms with Crippen molar-refractivity contribution in [3.8, 4) is 0 Å². The van der Waals surface area contributed by atoms with Crippen molar-refractivity contribution in [3.05, 3.63) is 0 Å². The summed E-state index contributed by atoms with van der Waals surface area (Å²) >= 11 is 0. The molecule has 2 aliphatic carbocycles. The van der Waals surface area contributed by atoms with Crippen molar-refractivity contribution in [3.63, 3.8) is 0 Å². The summed E-state index contributed by atoms with van der Waals surface area (Å²) in [6, 6.07) is 0. The molecule has 2 fully saturated rings. The molecule has 1 nitrogen and oxygen atoms in total. The minimum absolute atomic E-state index is 0. The third-order valence-corrected chi connectivity index (χ3v) is 3.52. The first-order valence-corrected chi connectivity index (χ1v) is 5.41. The maximum absolute atomic E-state index is 11.8. The summed E-state index contributed by atoms with van der Waals surface area (Å²) in [5.74, 6) is 1.55. The quantitative estimate of drug-likeness (QED) is 0.562. The van der Waals surface area contributed by atoms with Crippen LogP contribution in [-0.4, -0.2) is 5.78 Å². The first-order chi connectivity index (χ1) is 5.88. The Bertz CT molecular complexity index is 154. The van der Waals surface area contributed by atoms with Gasteiger partial charge in [-0.1, -0.05) is 25.7 Å². The molecule has 2 heteroatoms. The van der Waals surface area contributed by atoms with E-state index in [2.05, 4.69) is 0 Å². The fourth-order valence-electron chi connectivity index (χ4n) is 2.75. The van der Waals surface area contributed by atoms with Gasteiger partial charge in [-0.2, -0.15) is 0 Å². The van der Waals surface area contributed by atoms with Gasteiger partial charge in [0.1, 0.15) is 5.78 Å². The molecule has 0 atom stereocenters. The predicted molar refractivity (Wildman–Crippen MR) is 50.0 cm³/mol. The van der Waals surface area contributed by atoms with E-state index in [9.17, 15) is 4.79 Å². The van der Waals surface area contributed by atoms with Crippen LogP contribution in [0.1, 0.15) is 52.8 Å². The molecule has 0 radical (unpaired) electrons. The van der Waals surface area contributed by atoms with Crippen molar-refractivity contribution in [1.82, 2.24) is 0 Å². The molecule has 0 aromatic carbocycles. The molecule has 0 saturated heterocycles. The minimum atomic E-state index is 0. The molecule has 0 heterocycles. The predicted octanol–water partition coefficient (Wildman–Crippen LogP) is 0.0524. The first kappa shape index (κ1) is 11.7. The van der Waals surface area contributed by atoms with Crippen LogP contribution in [0.25, 0.3) is 0 Å². The third-order valence-electron chi connectivity index (χ3n) is 3.52. The molecule has 70 valence electrons. The third kappa shape index (κ3) is 2.81. The van der Waals surface area contributed by atoms with Gasteiger partial charge in [0.25, 0.3) is 0 Å². The van der Waals surface area contributed by atoms with Crippen LogP contribution < -0.4 is 29.6 Å². The Labute approximate surface area is 104 Å². The zero-order chi connectivity index (χ0) is 8.39.